The molecule has 0 radical (unpaired) electrons. The maximum absolute atomic E-state index is 12.4. The van der Waals surface area contributed by atoms with Crippen molar-refractivity contribution in [3.8, 4) is 0 Å². The van der Waals surface area contributed by atoms with Crippen LogP contribution in [-0.2, 0) is 14.3 Å². The van der Waals surface area contributed by atoms with Crippen LogP contribution in [0.4, 0.5) is 5.69 Å². The molecule has 0 aromatic heterocycles. The highest BCUT2D eigenvalue weighted by Crippen LogP contribution is 2.28. The molecule has 29 heavy (non-hydrogen) atoms. The Kier molecular flexibility index (Phi) is 9.92. The normalized spacial score (nSPS) is 17.8. The van der Waals surface area contributed by atoms with Crippen LogP contribution in [0.3, 0.4) is 0 Å². The van der Waals surface area contributed by atoms with E-state index in [1.54, 1.807) is 0 Å². The zero-order chi connectivity index (χ0) is 21.1. The molecule has 1 saturated heterocycles. The number of carbonyl (C=O) groups excluding carboxylic acids is 2. The number of aliphatic hydroxyl groups excluding tert-OH is 1. The molecule has 2 atom stereocenters. The molecule has 0 amide bonds. The van der Waals surface area contributed by atoms with E-state index in [1.165, 1.54) is 7.11 Å². The van der Waals surface area contributed by atoms with Gasteiger partial charge >= 0.3 is 5.97 Å². The summed E-state index contributed by atoms with van der Waals surface area (Å²) in [5.74, 6) is 0.0855. The van der Waals surface area contributed by atoms with E-state index in [4.69, 9.17) is 0 Å². The van der Waals surface area contributed by atoms with Gasteiger partial charge in [-0.25, -0.2) is 0 Å². The van der Waals surface area contributed by atoms with Gasteiger partial charge in [-0.05, 0) is 43.4 Å². The number of nitrogens with zero attached hydrogens (tertiary/aromatic N) is 1. The quantitative estimate of drug-likeness (QED) is 0.311. The minimum absolute atomic E-state index is 0.132. The van der Waals surface area contributed by atoms with Gasteiger partial charge in [0.25, 0.3) is 0 Å². The predicted molar refractivity (Wildman–Crippen MR) is 116 cm³/mol. The van der Waals surface area contributed by atoms with Gasteiger partial charge in [0.05, 0.1) is 19.3 Å². The molecule has 1 fully saturated rings. The summed E-state index contributed by atoms with van der Waals surface area (Å²) in [5, 5.41) is 10.3. The third-order valence-corrected chi connectivity index (χ3v) is 5.54. The molecular formula is C24H35NO4. The molecule has 1 aliphatic heterocycles. The number of methoxy groups -OCH3 is 1. The van der Waals surface area contributed by atoms with E-state index in [2.05, 4.69) is 16.6 Å². The topological polar surface area (TPSA) is 66.8 Å². The smallest absolute Gasteiger partial charge is 0.305 e. The highest BCUT2D eigenvalue weighted by atomic mass is 16.5. The monoisotopic (exact) mass is 401 g/mol. The second-order valence-corrected chi connectivity index (χ2v) is 7.70. The molecular weight excluding hydrogens is 366 g/mol. The number of hydrogen-bond donors (Lipinski definition) is 1. The number of ketones is 1. The van der Waals surface area contributed by atoms with Gasteiger partial charge < -0.3 is 14.7 Å². The van der Waals surface area contributed by atoms with Crippen molar-refractivity contribution in [3.05, 3.63) is 42.0 Å². The molecule has 5 heteroatoms. The molecule has 1 N–H and O–H groups in total. The lowest BCUT2D eigenvalue weighted by molar-refractivity contribution is -0.140. The molecule has 0 aliphatic carbocycles. The summed E-state index contributed by atoms with van der Waals surface area (Å²) in [4.78, 5) is 25.6. The molecule has 2 rings (SSSR count). The van der Waals surface area contributed by atoms with Crippen LogP contribution < -0.4 is 4.90 Å². The summed E-state index contributed by atoms with van der Waals surface area (Å²) in [6.07, 6.45) is 11.0. The Morgan fingerprint density at radius 3 is 2.69 bits per heavy atom. The Morgan fingerprint density at radius 2 is 2.00 bits per heavy atom. The minimum Gasteiger partial charge on any atom is -0.469 e. The van der Waals surface area contributed by atoms with E-state index in [0.717, 1.165) is 56.3 Å². The third kappa shape index (κ3) is 7.32. The largest absolute Gasteiger partial charge is 0.469 e. The summed E-state index contributed by atoms with van der Waals surface area (Å²) >= 11 is 0. The Labute approximate surface area is 174 Å². The molecule has 160 valence electrons. The Hall–Kier alpha value is -2.14. The molecule has 0 spiro atoms. The van der Waals surface area contributed by atoms with Gasteiger partial charge in [-0.2, -0.15) is 0 Å². The summed E-state index contributed by atoms with van der Waals surface area (Å²) in [6.45, 7) is 2.89. The van der Waals surface area contributed by atoms with E-state index in [-0.39, 0.29) is 17.8 Å². The summed E-state index contributed by atoms with van der Waals surface area (Å²) < 4.78 is 4.63. The van der Waals surface area contributed by atoms with Crippen molar-refractivity contribution in [2.75, 3.05) is 18.6 Å². The summed E-state index contributed by atoms with van der Waals surface area (Å²) in [7, 11) is 1.40. The number of anilines is 1. The van der Waals surface area contributed by atoms with Crippen molar-refractivity contribution in [1.29, 1.82) is 0 Å². The van der Waals surface area contributed by atoms with E-state index >= 15 is 0 Å². The Bertz CT molecular complexity index is 668. The number of ether oxygens (including phenoxy) is 1. The van der Waals surface area contributed by atoms with Crippen molar-refractivity contribution in [3.63, 3.8) is 0 Å². The second-order valence-electron chi connectivity index (χ2n) is 7.70. The first kappa shape index (κ1) is 23.1. The van der Waals surface area contributed by atoms with E-state index in [1.807, 2.05) is 36.4 Å². The number of rotatable bonds is 12. The van der Waals surface area contributed by atoms with Gasteiger partial charge in [-0.15, -0.1) is 0 Å². The van der Waals surface area contributed by atoms with Gasteiger partial charge in [-0.1, -0.05) is 50.5 Å². The fraction of sp³-hybridized carbons (Fsp3) is 0.583. The molecule has 5 nitrogen and oxygen atoms in total. The van der Waals surface area contributed by atoms with Gasteiger partial charge in [0.15, 0.2) is 5.78 Å². The average Bonchev–Trinajstić information content (AvgIpc) is 3.10. The molecule has 1 aromatic carbocycles. The van der Waals surface area contributed by atoms with Crippen LogP contribution in [0.2, 0.25) is 0 Å². The zero-order valence-electron chi connectivity index (χ0n) is 17.8. The molecule has 0 bridgehead atoms. The molecule has 1 unspecified atom stereocenters. The fourth-order valence-corrected chi connectivity index (χ4v) is 3.75. The number of carbonyl (C=O) groups is 2. The van der Waals surface area contributed by atoms with Crippen molar-refractivity contribution in [1.82, 2.24) is 0 Å². The maximum atomic E-state index is 12.4. The van der Waals surface area contributed by atoms with Gasteiger partial charge in [0.2, 0.25) is 0 Å². The van der Waals surface area contributed by atoms with Crippen LogP contribution in [0.15, 0.2) is 36.4 Å². The van der Waals surface area contributed by atoms with Crippen molar-refractivity contribution >= 4 is 17.4 Å². The molecule has 1 aromatic rings. The number of allylic oxidation sites excluding steroid dienone is 1. The van der Waals surface area contributed by atoms with E-state index < -0.39 is 6.10 Å². The minimum atomic E-state index is -0.417. The van der Waals surface area contributed by atoms with Crippen LogP contribution in [0.1, 0.15) is 76.4 Å². The Balaban J connectivity index is 1.88. The number of hydrogen-bond acceptors (Lipinski definition) is 5. The average molecular weight is 402 g/mol. The highest BCUT2D eigenvalue weighted by molar-refractivity contribution is 5.91. The number of esters is 1. The standard InChI is InChI=1S/C24H35NO4/c1-3-4-7-11-22(26)19-13-15-20(16-14-19)25-18-17-23(27)21(25)10-8-5-6-9-12-24(28)29-2/h5,8,13-16,21-22,26H,3-4,6-7,9-12,17-18H2,1-2H3/t21-,22?/m0/s1. The first-order valence-corrected chi connectivity index (χ1v) is 10.9. The third-order valence-electron chi connectivity index (χ3n) is 5.54. The lowest BCUT2D eigenvalue weighted by Crippen LogP contribution is -2.32. The number of benzene rings is 1. The van der Waals surface area contributed by atoms with Crippen LogP contribution in [0.25, 0.3) is 0 Å². The van der Waals surface area contributed by atoms with Gasteiger partial charge in [0, 0.05) is 25.1 Å². The first-order chi connectivity index (χ1) is 14.1. The maximum Gasteiger partial charge on any atom is 0.305 e. The van der Waals surface area contributed by atoms with Crippen LogP contribution in [0.5, 0.6) is 0 Å². The predicted octanol–water partition coefficient (Wildman–Crippen LogP) is 4.74. The van der Waals surface area contributed by atoms with Crippen molar-refractivity contribution in [2.24, 2.45) is 0 Å². The van der Waals surface area contributed by atoms with Crippen LogP contribution in [0, 0.1) is 0 Å². The van der Waals surface area contributed by atoms with E-state index in [0.29, 0.717) is 19.3 Å². The van der Waals surface area contributed by atoms with Gasteiger partial charge in [-0.3, -0.25) is 9.59 Å². The lowest BCUT2D eigenvalue weighted by atomic mass is 10.0. The number of unbranched alkanes of at least 4 members (excludes halogenated alkanes) is 3. The highest BCUT2D eigenvalue weighted by Gasteiger charge is 2.31. The second kappa shape index (κ2) is 12.4. The number of Topliss-reactive ketones (excluding diaryl/α,β-unsaturated/α-hetero) is 1. The summed E-state index contributed by atoms with van der Waals surface area (Å²) in [5.41, 5.74) is 1.97. The SMILES string of the molecule is CCCCCC(O)c1ccc(N2CCC(=O)[C@@H]2CC=CCCCC(=O)OC)cc1. The summed E-state index contributed by atoms with van der Waals surface area (Å²) in [6, 6.07) is 7.86. The van der Waals surface area contributed by atoms with Crippen molar-refractivity contribution in [2.45, 2.75) is 76.9 Å². The first-order valence-electron chi connectivity index (χ1n) is 10.9. The van der Waals surface area contributed by atoms with Crippen LogP contribution >= 0.6 is 0 Å². The number of aliphatic hydroxyl groups is 1. The van der Waals surface area contributed by atoms with Crippen LogP contribution in [-0.4, -0.2) is 36.6 Å². The molecule has 0 saturated carbocycles. The Morgan fingerprint density at radius 1 is 1.24 bits per heavy atom. The zero-order valence-corrected chi connectivity index (χ0v) is 17.8. The molecule has 1 heterocycles. The van der Waals surface area contributed by atoms with Crippen molar-refractivity contribution < 1.29 is 19.4 Å². The fourth-order valence-electron chi connectivity index (χ4n) is 3.75. The van der Waals surface area contributed by atoms with E-state index in [9.17, 15) is 14.7 Å². The molecule has 1 aliphatic rings. The lowest BCUT2D eigenvalue weighted by Gasteiger charge is -2.25. The van der Waals surface area contributed by atoms with Gasteiger partial charge in [0.1, 0.15) is 0 Å².